The zero-order valence-electron chi connectivity index (χ0n) is 37.7. The summed E-state index contributed by atoms with van der Waals surface area (Å²) in [5.74, 6) is 0.0120. The SMILES string of the molecule is CC(C)C1=C2[C@H]3CC[C@@H]4[C@@]5(C)CC[C@H](OC(=O)CC(C)(C)C(=O)O)C(C)(C)[C@@H]5CC[C@@]4(C)[C@]3(C)CC[C@@]2([C@H](O)CN(CCCN(C)C)Cc2ccc(Cl)cc2)CC1=O. The monoisotopic (exact) mass is 823 g/mol. The van der Waals surface area contributed by atoms with Gasteiger partial charge < -0.3 is 19.8 Å². The minimum absolute atomic E-state index is 0.0300. The highest BCUT2D eigenvalue weighted by molar-refractivity contribution is 6.30. The van der Waals surface area contributed by atoms with Gasteiger partial charge >= 0.3 is 11.9 Å². The van der Waals surface area contributed by atoms with Crippen molar-refractivity contribution in [1.82, 2.24) is 9.80 Å². The molecule has 6 rings (SSSR count). The summed E-state index contributed by atoms with van der Waals surface area (Å²) in [4.78, 5) is 43.9. The van der Waals surface area contributed by atoms with E-state index in [1.807, 2.05) is 12.1 Å². The molecule has 1 aromatic carbocycles. The summed E-state index contributed by atoms with van der Waals surface area (Å²) in [5, 5.41) is 23.1. The fourth-order valence-corrected chi connectivity index (χ4v) is 14.2. The normalized spacial score (nSPS) is 35.1. The van der Waals surface area contributed by atoms with Crippen molar-refractivity contribution in [3.8, 4) is 0 Å². The van der Waals surface area contributed by atoms with Crippen LogP contribution >= 0.6 is 11.6 Å². The molecule has 0 amide bonds. The second-order valence-corrected chi connectivity index (χ2v) is 22.5. The number of hydrogen-bond acceptors (Lipinski definition) is 7. The Morgan fingerprint density at radius 3 is 2.21 bits per heavy atom. The number of aliphatic carboxylic acids is 1. The summed E-state index contributed by atoms with van der Waals surface area (Å²) in [6.45, 7) is 22.8. The van der Waals surface area contributed by atoms with E-state index in [0.29, 0.717) is 24.8 Å². The molecule has 5 aliphatic rings. The smallest absolute Gasteiger partial charge is 0.309 e. The summed E-state index contributed by atoms with van der Waals surface area (Å²) in [6.07, 6.45) is 8.15. The third kappa shape index (κ3) is 7.77. The third-order valence-electron chi connectivity index (χ3n) is 17.3. The van der Waals surface area contributed by atoms with E-state index in [2.05, 4.69) is 84.5 Å². The zero-order valence-corrected chi connectivity index (χ0v) is 38.4. The van der Waals surface area contributed by atoms with Gasteiger partial charge in [0.15, 0.2) is 5.78 Å². The average Bonchev–Trinajstić information content (AvgIpc) is 3.43. The maximum atomic E-state index is 14.4. The number of carboxylic acids is 1. The maximum absolute atomic E-state index is 14.4. The van der Waals surface area contributed by atoms with E-state index in [1.54, 1.807) is 13.8 Å². The zero-order chi connectivity index (χ0) is 42.8. The van der Waals surface area contributed by atoms with Crippen LogP contribution < -0.4 is 0 Å². The Bertz CT molecular complexity index is 1750. The van der Waals surface area contributed by atoms with Crippen LogP contribution in [0.1, 0.15) is 139 Å². The number of carbonyl (C=O) groups is 3. The van der Waals surface area contributed by atoms with Crippen LogP contribution in [0.25, 0.3) is 0 Å². The average molecular weight is 824 g/mol. The highest BCUT2D eigenvalue weighted by Gasteiger charge is 2.71. The molecule has 0 unspecified atom stereocenters. The summed E-state index contributed by atoms with van der Waals surface area (Å²) < 4.78 is 6.20. The molecule has 0 aromatic heterocycles. The van der Waals surface area contributed by atoms with Gasteiger partial charge in [-0.05, 0) is 162 Å². The van der Waals surface area contributed by atoms with E-state index >= 15 is 0 Å². The van der Waals surface area contributed by atoms with Gasteiger partial charge in [0, 0.05) is 35.4 Å². The van der Waals surface area contributed by atoms with Gasteiger partial charge in [-0.15, -0.1) is 0 Å². The first kappa shape index (κ1) is 45.3. The molecule has 58 heavy (non-hydrogen) atoms. The second-order valence-electron chi connectivity index (χ2n) is 22.1. The Balaban J connectivity index is 1.28. The fourth-order valence-electron chi connectivity index (χ4n) is 14.0. The maximum Gasteiger partial charge on any atom is 0.309 e. The number of benzene rings is 1. The van der Waals surface area contributed by atoms with Crippen molar-refractivity contribution in [2.45, 2.75) is 152 Å². The van der Waals surface area contributed by atoms with Crippen molar-refractivity contribution >= 4 is 29.3 Å². The Kier molecular flexibility index (Phi) is 12.7. The van der Waals surface area contributed by atoms with E-state index in [0.717, 1.165) is 88.0 Å². The predicted octanol–water partition coefficient (Wildman–Crippen LogP) is 9.85. The highest BCUT2D eigenvalue weighted by Crippen LogP contribution is 2.77. The lowest BCUT2D eigenvalue weighted by atomic mass is 9.33. The molecule has 0 aliphatic heterocycles. The molecule has 8 nitrogen and oxygen atoms in total. The fraction of sp³-hybridized carbons (Fsp3) is 0.776. The first-order valence-corrected chi connectivity index (χ1v) is 22.8. The molecular formula is C49H75ClN2O6. The predicted molar refractivity (Wildman–Crippen MR) is 231 cm³/mol. The molecule has 9 atom stereocenters. The van der Waals surface area contributed by atoms with Crippen molar-refractivity contribution in [2.24, 2.45) is 56.2 Å². The van der Waals surface area contributed by atoms with Gasteiger partial charge in [0.2, 0.25) is 0 Å². The molecule has 0 radical (unpaired) electrons. The number of hydrogen-bond donors (Lipinski definition) is 2. The minimum Gasteiger partial charge on any atom is -0.481 e. The van der Waals surface area contributed by atoms with E-state index in [4.69, 9.17) is 16.3 Å². The van der Waals surface area contributed by atoms with Gasteiger partial charge in [0.05, 0.1) is 17.9 Å². The summed E-state index contributed by atoms with van der Waals surface area (Å²) in [6, 6.07) is 8.04. The van der Waals surface area contributed by atoms with Crippen LogP contribution in [-0.2, 0) is 25.7 Å². The number of ether oxygens (including phenoxy) is 1. The van der Waals surface area contributed by atoms with Crippen molar-refractivity contribution in [3.63, 3.8) is 0 Å². The number of rotatable bonds is 14. The van der Waals surface area contributed by atoms with Gasteiger partial charge in [-0.1, -0.05) is 77.8 Å². The molecular weight excluding hydrogens is 748 g/mol. The van der Waals surface area contributed by atoms with Crippen molar-refractivity contribution < 1.29 is 29.3 Å². The van der Waals surface area contributed by atoms with Crippen molar-refractivity contribution in [3.05, 3.63) is 46.0 Å². The number of nitrogens with zero attached hydrogens (tertiary/aromatic N) is 2. The molecule has 4 saturated carbocycles. The van der Waals surface area contributed by atoms with Gasteiger partial charge in [-0.25, -0.2) is 0 Å². The van der Waals surface area contributed by atoms with E-state index < -0.39 is 28.9 Å². The lowest BCUT2D eigenvalue weighted by Crippen LogP contribution is -2.66. The lowest BCUT2D eigenvalue weighted by molar-refractivity contribution is -0.235. The van der Waals surface area contributed by atoms with Crippen LogP contribution in [0.4, 0.5) is 0 Å². The number of Topliss-reactive ketones (excluding diaryl/α,β-unsaturated/α-hetero) is 1. The highest BCUT2D eigenvalue weighted by atomic mass is 35.5. The molecule has 5 aliphatic carbocycles. The van der Waals surface area contributed by atoms with E-state index in [-0.39, 0.29) is 51.8 Å². The van der Waals surface area contributed by atoms with Crippen LogP contribution in [-0.4, -0.2) is 83.7 Å². The number of allylic oxidation sites excluding steroid dienone is 1. The van der Waals surface area contributed by atoms with Gasteiger partial charge in [-0.2, -0.15) is 0 Å². The number of carbonyl (C=O) groups excluding carboxylic acids is 2. The Hall–Kier alpha value is -2.26. The Labute approximate surface area is 354 Å². The largest absolute Gasteiger partial charge is 0.481 e. The third-order valence-corrected chi connectivity index (χ3v) is 17.6. The quantitative estimate of drug-likeness (QED) is 0.179. The van der Waals surface area contributed by atoms with Crippen LogP contribution in [0, 0.1) is 56.2 Å². The molecule has 4 fully saturated rings. The minimum atomic E-state index is -1.17. The van der Waals surface area contributed by atoms with Crippen LogP contribution in [0.15, 0.2) is 35.4 Å². The number of aliphatic hydroxyl groups is 1. The standard InChI is InChI=1S/C49H75ClN2O6/c1-31(2)41-35(53)27-49(38(54)30-52(26-12-25-51(10)11)29-32-13-15-33(50)16-14-32)24-23-47(8)34(42(41)49)17-18-37-46(7)21-20-39(58-40(55)28-44(3,4)43(56)57)45(5,6)36(46)19-22-48(37,47)9/h13-16,31,34,36-39,54H,12,17-30H2,1-11H3,(H,56,57)/t34-,36+,37-,38-,39+,46+,47-,48-,49+/m1/s1. The molecule has 0 bridgehead atoms. The Morgan fingerprint density at radius 1 is 0.914 bits per heavy atom. The molecule has 0 spiro atoms. The number of esters is 1. The lowest BCUT2D eigenvalue weighted by Gasteiger charge is -2.72. The molecule has 9 heteroatoms. The van der Waals surface area contributed by atoms with Crippen molar-refractivity contribution in [2.75, 3.05) is 33.7 Å². The van der Waals surface area contributed by atoms with E-state index in [9.17, 15) is 24.6 Å². The summed E-state index contributed by atoms with van der Waals surface area (Å²) in [7, 11) is 4.20. The first-order valence-electron chi connectivity index (χ1n) is 22.4. The summed E-state index contributed by atoms with van der Waals surface area (Å²) in [5.41, 5.74) is 1.57. The molecule has 1 aromatic rings. The molecule has 2 N–H and O–H groups in total. The van der Waals surface area contributed by atoms with Crippen LogP contribution in [0.2, 0.25) is 5.02 Å². The van der Waals surface area contributed by atoms with Gasteiger partial charge in [-0.3, -0.25) is 19.3 Å². The number of fused-ring (bicyclic) bond motifs is 7. The topological polar surface area (TPSA) is 107 Å². The Morgan fingerprint density at radius 2 is 1.59 bits per heavy atom. The van der Waals surface area contributed by atoms with E-state index in [1.165, 1.54) is 11.1 Å². The van der Waals surface area contributed by atoms with Crippen molar-refractivity contribution in [1.29, 1.82) is 0 Å². The second kappa shape index (κ2) is 16.2. The summed E-state index contributed by atoms with van der Waals surface area (Å²) >= 11 is 6.26. The molecule has 0 saturated heterocycles. The van der Waals surface area contributed by atoms with Gasteiger partial charge in [0.25, 0.3) is 0 Å². The number of aliphatic hydroxyl groups excluding tert-OH is 1. The number of halogens is 1. The van der Waals surface area contributed by atoms with Gasteiger partial charge in [0.1, 0.15) is 6.10 Å². The van der Waals surface area contributed by atoms with Crippen LogP contribution in [0.5, 0.6) is 0 Å². The molecule has 324 valence electrons. The van der Waals surface area contributed by atoms with Crippen LogP contribution in [0.3, 0.4) is 0 Å². The number of carboxylic acid groups (broad SMARTS) is 1. The molecule has 0 heterocycles. The number of ketones is 1. The first-order chi connectivity index (χ1) is 26.9.